The maximum Gasteiger partial charge on any atom is 0.237 e. The molecule has 42 valence electrons. The zero-order valence-corrected chi connectivity index (χ0v) is 4.35. The topological polar surface area (TPSA) is 63.3 Å². The van der Waals surface area contributed by atoms with Crippen LogP contribution in [0.5, 0.6) is 0 Å². The van der Waals surface area contributed by atoms with Gasteiger partial charge in [0.2, 0.25) is 5.91 Å². The third kappa shape index (κ3) is 2.42. The first-order valence-electron chi connectivity index (χ1n) is 1.72. The molecule has 0 bridgehead atoms. The predicted molar refractivity (Wildman–Crippen MR) is 25.9 cm³/mol. The number of amides is 1. The van der Waals surface area contributed by atoms with Gasteiger partial charge in [0.25, 0.3) is 0 Å². The molecule has 1 atom stereocenters. The number of aliphatic hydroxyl groups excluding tert-OH is 1. The summed E-state index contributed by atoms with van der Waals surface area (Å²) in [5.74, 6) is -0.691. The fourth-order valence-corrected chi connectivity index (χ4v) is 0.0900. The fourth-order valence-electron chi connectivity index (χ4n) is 0.0900. The van der Waals surface area contributed by atoms with Gasteiger partial charge in [-0.3, -0.25) is 4.79 Å². The minimum Gasteiger partial charge on any atom is -0.394 e. The van der Waals surface area contributed by atoms with E-state index >= 15 is 0 Å². The molecular formula is C3H6ClNO2. The standard InChI is InChI=1S/C3H6ClNO2/c4-2(1-6)3(5)7/h2,6H,1H2,(H2,5,7)/t2-/m1/s1. The second-order valence-electron chi connectivity index (χ2n) is 1.05. The number of carbonyl (C=O) groups excluding carboxylic acids is 1. The van der Waals surface area contributed by atoms with Crippen molar-refractivity contribution < 1.29 is 9.90 Å². The summed E-state index contributed by atoms with van der Waals surface area (Å²) in [4.78, 5) is 9.86. The second kappa shape index (κ2) is 2.82. The smallest absolute Gasteiger partial charge is 0.237 e. The van der Waals surface area contributed by atoms with Crippen LogP contribution in [-0.4, -0.2) is 23.0 Å². The van der Waals surface area contributed by atoms with E-state index in [1.165, 1.54) is 0 Å². The van der Waals surface area contributed by atoms with Crippen LogP contribution in [0.1, 0.15) is 0 Å². The number of hydrogen-bond acceptors (Lipinski definition) is 2. The van der Waals surface area contributed by atoms with Crippen LogP contribution in [-0.2, 0) is 4.79 Å². The summed E-state index contributed by atoms with van der Waals surface area (Å²) in [6.07, 6.45) is 0. The van der Waals surface area contributed by atoms with Gasteiger partial charge >= 0.3 is 0 Å². The van der Waals surface area contributed by atoms with E-state index in [2.05, 4.69) is 5.73 Å². The fraction of sp³-hybridized carbons (Fsp3) is 0.667. The van der Waals surface area contributed by atoms with Gasteiger partial charge < -0.3 is 10.8 Å². The predicted octanol–water partition coefficient (Wildman–Crippen LogP) is -0.929. The molecule has 0 spiro atoms. The SMILES string of the molecule is NC(=O)[C@H](Cl)CO. The molecule has 3 nitrogen and oxygen atoms in total. The van der Waals surface area contributed by atoms with E-state index in [-0.39, 0.29) is 0 Å². The Morgan fingerprint density at radius 1 is 2.00 bits per heavy atom. The van der Waals surface area contributed by atoms with Gasteiger partial charge in [-0.2, -0.15) is 0 Å². The molecule has 0 fully saturated rings. The highest BCUT2D eigenvalue weighted by Gasteiger charge is 2.06. The van der Waals surface area contributed by atoms with Gasteiger partial charge in [0, 0.05) is 0 Å². The molecule has 1 amide bonds. The zero-order valence-electron chi connectivity index (χ0n) is 3.60. The number of carbonyl (C=O) groups is 1. The Bertz CT molecular complexity index is 75.3. The lowest BCUT2D eigenvalue weighted by Crippen LogP contribution is -2.26. The quantitative estimate of drug-likeness (QED) is 0.466. The first-order valence-corrected chi connectivity index (χ1v) is 2.16. The molecule has 0 heterocycles. The Balaban J connectivity index is 3.34. The van der Waals surface area contributed by atoms with Gasteiger partial charge in [0.1, 0.15) is 5.38 Å². The Hall–Kier alpha value is -0.280. The van der Waals surface area contributed by atoms with Crippen molar-refractivity contribution in [3.8, 4) is 0 Å². The maximum atomic E-state index is 9.86. The molecule has 4 heteroatoms. The molecule has 0 aromatic rings. The number of hydrogen-bond donors (Lipinski definition) is 2. The summed E-state index contributed by atoms with van der Waals surface area (Å²) in [6.45, 7) is -0.392. The van der Waals surface area contributed by atoms with Gasteiger partial charge in [0.05, 0.1) is 6.61 Å². The lowest BCUT2D eigenvalue weighted by Gasteiger charge is -1.94. The molecule has 0 saturated heterocycles. The molecule has 0 aromatic carbocycles. The van der Waals surface area contributed by atoms with Crippen molar-refractivity contribution in [1.29, 1.82) is 0 Å². The van der Waals surface area contributed by atoms with Gasteiger partial charge in [0.15, 0.2) is 0 Å². The molecule has 0 radical (unpaired) electrons. The van der Waals surface area contributed by atoms with E-state index in [1.54, 1.807) is 0 Å². The van der Waals surface area contributed by atoms with Crippen molar-refractivity contribution in [2.75, 3.05) is 6.61 Å². The third-order valence-corrected chi connectivity index (χ3v) is 0.822. The van der Waals surface area contributed by atoms with Crippen molar-refractivity contribution in [1.82, 2.24) is 0 Å². The first kappa shape index (κ1) is 6.72. The highest BCUT2D eigenvalue weighted by molar-refractivity contribution is 6.30. The lowest BCUT2D eigenvalue weighted by atomic mass is 10.4. The summed E-state index contributed by atoms with van der Waals surface area (Å²) in [5.41, 5.74) is 4.62. The largest absolute Gasteiger partial charge is 0.394 e. The Kier molecular flexibility index (Phi) is 2.71. The van der Waals surface area contributed by atoms with Crippen LogP contribution < -0.4 is 5.73 Å². The Morgan fingerprint density at radius 3 is 2.43 bits per heavy atom. The molecule has 0 aliphatic rings. The van der Waals surface area contributed by atoms with Crippen LogP contribution in [0.25, 0.3) is 0 Å². The first-order chi connectivity index (χ1) is 3.18. The number of nitrogens with two attached hydrogens (primary N) is 1. The van der Waals surface area contributed by atoms with E-state index in [0.29, 0.717) is 0 Å². The molecule has 3 N–H and O–H groups in total. The summed E-state index contributed by atoms with van der Waals surface area (Å²) >= 11 is 5.08. The number of halogens is 1. The summed E-state index contributed by atoms with van der Waals surface area (Å²) in [7, 11) is 0. The summed E-state index contributed by atoms with van der Waals surface area (Å²) in [6, 6.07) is 0. The van der Waals surface area contributed by atoms with Gasteiger partial charge in [-0.15, -0.1) is 11.6 Å². The van der Waals surface area contributed by atoms with Crippen molar-refractivity contribution in [3.63, 3.8) is 0 Å². The molecule has 0 aromatic heterocycles. The zero-order chi connectivity index (χ0) is 5.86. The van der Waals surface area contributed by atoms with Gasteiger partial charge in [-0.05, 0) is 0 Å². The van der Waals surface area contributed by atoms with Gasteiger partial charge in [-0.25, -0.2) is 0 Å². The van der Waals surface area contributed by atoms with Crippen molar-refractivity contribution in [3.05, 3.63) is 0 Å². The minimum absolute atomic E-state index is 0.392. The number of rotatable bonds is 2. The number of aliphatic hydroxyl groups is 1. The monoisotopic (exact) mass is 123 g/mol. The molecule has 7 heavy (non-hydrogen) atoms. The van der Waals surface area contributed by atoms with E-state index in [4.69, 9.17) is 16.7 Å². The molecule has 0 aliphatic carbocycles. The van der Waals surface area contributed by atoms with Crippen molar-refractivity contribution in [2.45, 2.75) is 5.38 Å². The van der Waals surface area contributed by atoms with Crippen LogP contribution in [0.15, 0.2) is 0 Å². The van der Waals surface area contributed by atoms with Gasteiger partial charge in [-0.1, -0.05) is 0 Å². The average Bonchev–Trinajstić information content (AvgIpc) is 1.65. The highest BCUT2D eigenvalue weighted by Crippen LogP contribution is 1.89. The number of primary amides is 1. The van der Waals surface area contributed by atoms with Crippen LogP contribution in [0, 0.1) is 0 Å². The minimum atomic E-state index is -0.931. The average molecular weight is 124 g/mol. The van der Waals surface area contributed by atoms with E-state index in [9.17, 15) is 4.79 Å². The Morgan fingerprint density at radius 2 is 2.43 bits per heavy atom. The molecular weight excluding hydrogens is 117 g/mol. The summed E-state index contributed by atoms with van der Waals surface area (Å²) < 4.78 is 0. The van der Waals surface area contributed by atoms with Crippen molar-refractivity contribution >= 4 is 17.5 Å². The van der Waals surface area contributed by atoms with Crippen LogP contribution >= 0.6 is 11.6 Å². The molecule has 0 rings (SSSR count). The maximum absolute atomic E-state index is 9.86. The highest BCUT2D eigenvalue weighted by atomic mass is 35.5. The van der Waals surface area contributed by atoms with E-state index in [0.717, 1.165) is 0 Å². The summed E-state index contributed by atoms with van der Waals surface area (Å²) in [5, 5.41) is 7.14. The van der Waals surface area contributed by atoms with Crippen LogP contribution in [0.3, 0.4) is 0 Å². The van der Waals surface area contributed by atoms with E-state index in [1.807, 2.05) is 0 Å². The molecule has 0 aliphatic heterocycles. The molecule has 0 saturated carbocycles. The van der Waals surface area contributed by atoms with Crippen molar-refractivity contribution in [2.24, 2.45) is 5.73 Å². The third-order valence-electron chi connectivity index (χ3n) is 0.469. The van der Waals surface area contributed by atoms with Crippen LogP contribution in [0.4, 0.5) is 0 Å². The van der Waals surface area contributed by atoms with Crippen LogP contribution in [0.2, 0.25) is 0 Å². The second-order valence-corrected chi connectivity index (χ2v) is 1.58. The van der Waals surface area contributed by atoms with E-state index < -0.39 is 17.9 Å². The lowest BCUT2D eigenvalue weighted by molar-refractivity contribution is -0.118. The normalized spacial score (nSPS) is 13.4. The molecule has 0 unspecified atom stereocenters. The number of alkyl halides is 1. The Labute approximate surface area is 46.1 Å².